The van der Waals surface area contributed by atoms with Gasteiger partial charge in [0.25, 0.3) is 0 Å². The molecule has 24 heavy (non-hydrogen) atoms. The maximum absolute atomic E-state index is 11.0. The number of halogens is 1. The lowest BCUT2D eigenvalue weighted by Gasteiger charge is -2.10. The molecule has 1 amide bonds. The monoisotopic (exact) mass is 358 g/mol. The molecular formula is C17H15ClN4OS. The van der Waals surface area contributed by atoms with Crippen LogP contribution in [0.15, 0.2) is 59.8 Å². The largest absolute Gasteiger partial charge is 0.370 e. The molecule has 0 aliphatic carbocycles. The van der Waals surface area contributed by atoms with E-state index >= 15 is 0 Å². The normalized spacial score (nSPS) is 10.7. The molecule has 2 aromatic carbocycles. The maximum atomic E-state index is 11.0. The summed E-state index contributed by atoms with van der Waals surface area (Å²) in [5.74, 6) is 0.951. The van der Waals surface area contributed by atoms with Crippen molar-refractivity contribution < 1.29 is 4.79 Å². The highest BCUT2D eigenvalue weighted by Crippen LogP contribution is 2.28. The van der Waals surface area contributed by atoms with E-state index in [0.717, 1.165) is 17.1 Å². The summed E-state index contributed by atoms with van der Waals surface area (Å²) in [6.45, 7) is 0. The first-order chi connectivity index (χ1) is 11.6. The SMILES string of the molecule is NC(=O)CCSc1nnc(-c2ccc(Cl)cc2)n1-c1ccccc1. The van der Waals surface area contributed by atoms with Gasteiger partial charge >= 0.3 is 0 Å². The lowest BCUT2D eigenvalue weighted by atomic mass is 10.2. The van der Waals surface area contributed by atoms with E-state index in [0.29, 0.717) is 22.4 Å². The summed E-state index contributed by atoms with van der Waals surface area (Å²) in [7, 11) is 0. The maximum Gasteiger partial charge on any atom is 0.218 e. The van der Waals surface area contributed by atoms with E-state index in [-0.39, 0.29) is 5.91 Å². The van der Waals surface area contributed by atoms with Gasteiger partial charge in [-0.15, -0.1) is 10.2 Å². The second kappa shape index (κ2) is 7.51. The second-order valence-corrected chi connectivity index (χ2v) is 6.55. The van der Waals surface area contributed by atoms with E-state index in [9.17, 15) is 4.79 Å². The minimum Gasteiger partial charge on any atom is -0.370 e. The Kier molecular flexibility index (Phi) is 5.17. The van der Waals surface area contributed by atoms with E-state index in [1.807, 2.05) is 59.2 Å². The van der Waals surface area contributed by atoms with Gasteiger partial charge in [0.1, 0.15) is 0 Å². The standard InChI is InChI=1S/C17H15ClN4OS/c18-13-8-6-12(7-9-13)16-20-21-17(24-11-10-15(19)23)22(16)14-4-2-1-3-5-14/h1-9H,10-11H2,(H2,19,23). The molecule has 1 aromatic heterocycles. The van der Waals surface area contributed by atoms with Crippen molar-refractivity contribution >= 4 is 29.3 Å². The van der Waals surface area contributed by atoms with E-state index in [1.54, 1.807) is 0 Å². The molecule has 0 aliphatic heterocycles. The van der Waals surface area contributed by atoms with Gasteiger partial charge in [0, 0.05) is 28.4 Å². The molecule has 0 spiro atoms. The Hall–Kier alpha value is -2.31. The Bertz CT molecular complexity index is 834. The number of nitrogens with two attached hydrogens (primary N) is 1. The lowest BCUT2D eigenvalue weighted by Crippen LogP contribution is -2.11. The zero-order chi connectivity index (χ0) is 16.9. The Labute approximate surface area is 148 Å². The molecule has 0 bridgehead atoms. The van der Waals surface area contributed by atoms with Crippen molar-refractivity contribution in [2.24, 2.45) is 5.73 Å². The fourth-order valence-electron chi connectivity index (χ4n) is 2.20. The Morgan fingerprint density at radius 1 is 1.08 bits per heavy atom. The number of hydrogen-bond donors (Lipinski definition) is 1. The second-order valence-electron chi connectivity index (χ2n) is 5.05. The molecule has 0 atom stereocenters. The third-order valence-corrected chi connectivity index (χ3v) is 4.51. The van der Waals surface area contributed by atoms with Gasteiger partial charge in [-0.25, -0.2) is 0 Å². The van der Waals surface area contributed by atoms with Crippen LogP contribution in [-0.2, 0) is 4.79 Å². The number of para-hydroxylation sites is 1. The fraction of sp³-hybridized carbons (Fsp3) is 0.118. The van der Waals surface area contributed by atoms with Crippen LogP contribution in [0.2, 0.25) is 5.02 Å². The molecule has 122 valence electrons. The zero-order valence-electron chi connectivity index (χ0n) is 12.7. The average Bonchev–Trinajstić information content (AvgIpc) is 3.00. The van der Waals surface area contributed by atoms with Crippen molar-refractivity contribution in [3.8, 4) is 17.1 Å². The van der Waals surface area contributed by atoms with Crippen LogP contribution in [0.25, 0.3) is 17.1 Å². The van der Waals surface area contributed by atoms with Gasteiger partial charge < -0.3 is 5.73 Å². The highest BCUT2D eigenvalue weighted by Gasteiger charge is 2.16. The molecule has 2 N–H and O–H groups in total. The first kappa shape index (κ1) is 16.5. The molecule has 0 aliphatic rings. The summed E-state index contributed by atoms with van der Waals surface area (Å²) in [6, 6.07) is 17.3. The summed E-state index contributed by atoms with van der Waals surface area (Å²) in [6.07, 6.45) is 0.294. The topological polar surface area (TPSA) is 73.8 Å². The van der Waals surface area contributed by atoms with Crippen LogP contribution in [0.1, 0.15) is 6.42 Å². The molecule has 0 fully saturated rings. The number of rotatable bonds is 6. The van der Waals surface area contributed by atoms with Gasteiger partial charge in [-0.2, -0.15) is 0 Å². The van der Waals surface area contributed by atoms with Crippen molar-refractivity contribution in [1.29, 1.82) is 0 Å². The van der Waals surface area contributed by atoms with Crippen LogP contribution < -0.4 is 5.73 Å². The van der Waals surface area contributed by atoms with Gasteiger partial charge in [-0.1, -0.05) is 41.6 Å². The molecule has 3 aromatic rings. The number of carbonyl (C=O) groups is 1. The molecule has 3 rings (SSSR count). The first-order valence-electron chi connectivity index (χ1n) is 7.33. The summed E-state index contributed by atoms with van der Waals surface area (Å²) >= 11 is 7.42. The summed E-state index contributed by atoms with van der Waals surface area (Å²) in [5, 5.41) is 9.98. The summed E-state index contributed by atoms with van der Waals surface area (Å²) < 4.78 is 1.97. The van der Waals surface area contributed by atoms with E-state index < -0.39 is 0 Å². The van der Waals surface area contributed by atoms with Gasteiger partial charge in [-0.05, 0) is 36.4 Å². The predicted octanol–water partition coefficient (Wildman–Crippen LogP) is 3.56. The average molecular weight is 359 g/mol. The third-order valence-electron chi connectivity index (χ3n) is 3.33. The van der Waals surface area contributed by atoms with Gasteiger partial charge in [0.05, 0.1) is 0 Å². The highest BCUT2D eigenvalue weighted by atomic mass is 35.5. The van der Waals surface area contributed by atoms with Crippen molar-refractivity contribution in [2.75, 3.05) is 5.75 Å². The van der Waals surface area contributed by atoms with Crippen LogP contribution in [0, 0.1) is 0 Å². The van der Waals surface area contributed by atoms with Gasteiger partial charge in [-0.3, -0.25) is 9.36 Å². The van der Waals surface area contributed by atoms with E-state index in [1.165, 1.54) is 11.8 Å². The first-order valence-corrected chi connectivity index (χ1v) is 8.69. The van der Waals surface area contributed by atoms with Crippen molar-refractivity contribution in [3.63, 3.8) is 0 Å². The van der Waals surface area contributed by atoms with Gasteiger partial charge in [0.15, 0.2) is 11.0 Å². The van der Waals surface area contributed by atoms with E-state index in [4.69, 9.17) is 17.3 Å². The zero-order valence-corrected chi connectivity index (χ0v) is 14.3. The molecule has 1 heterocycles. The molecule has 7 heteroatoms. The Balaban J connectivity index is 2.01. The number of hydrogen-bond acceptors (Lipinski definition) is 4. The lowest BCUT2D eigenvalue weighted by molar-refractivity contribution is -0.117. The van der Waals surface area contributed by atoms with Crippen molar-refractivity contribution in [3.05, 3.63) is 59.6 Å². The van der Waals surface area contributed by atoms with Crippen molar-refractivity contribution in [1.82, 2.24) is 14.8 Å². The van der Waals surface area contributed by atoms with Crippen LogP contribution >= 0.6 is 23.4 Å². The number of aromatic nitrogens is 3. The summed E-state index contributed by atoms with van der Waals surface area (Å²) in [4.78, 5) is 11.0. The van der Waals surface area contributed by atoms with Crippen LogP contribution in [0.5, 0.6) is 0 Å². The Morgan fingerprint density at radius 3 is 2.46 bits per heavy atom. The highest BCUT2D eigenvalue weighted by molar-refractivity contribution is 7.99. The molecule has 0 saturated heterocycles. The molecule has 0 radical (unpaired) electrons. The molecule has 5 nitrogen and oxygen atoms in total. The minimum absolute atomic E-state index is 0.294. The number of amides is 1. The third kappa shape index (κ3) is 3.77. The van der Waals surface area contributed by atoms with Crippen LogP contribution in [-0.4, -0.2) is 26.4 Å². The predicted molar refractivity (Wildman–Crippen MR) is 96.3 cm³/mol. The summed E-state index contributed by atoms with van der Waals surface area (Å²) in [5.41, 5.74) is 7.08. The Morgan fingerprint density at radius 2 is 1.79 bits per heavy atom. The van der Waals surface area contributed by atoms with Crippen LogP contribution in [0.3, 0.4) is 0 Å². The number of benzene rings is 2. The minimum atomic E-state index is -0.328. The molecular weight excluding hydrogens is 344 g/mol. The number of carbonyl (C=O) groups excluding carboxylic acids is 1. The number of nitrogens with zero attached hydrogens (tertiary/aromatic N) is 3. The van der Waals surface area contributed by atoms with Gasteiger partial charge in [0.2, 0.25) is 5.91 Å². The number of primary amides is 1. The molecule has 0 unspecified atom stereocenters. The smallest absolute Gasteiger partial charge is 0.218 e. The van der Waals surface area contributed by atoms with E-state index in [2.05, 4.69) is 10.2 Å². The van der Waals surface area contributed by atoms with Crippen molar-refractivity contribution in [2.45, 2.75) is 11.6 Å². The fourth-order valence-corrected chi connectivity index (χ4v) is 3.23. The quantitative estimate of drug-likeness (QED) is 0.684. The number of thioether (sulfide) groups is 1. The molecule has 0 saturated carbocycles. The van der Waals surface area contributed by atoms with Crippen LogP contribution in [0.4, 0.5) is 0 Å².